The highest BCUT2D eigenvalue weighted by Crippen LogP contribution is 2.28. The Bertz CT molecular complexity index is 326. The number of hydrogen-bond donors (Lipinski definition) is 1. The molecule has 0 radical (unpaired) electrons. The number of hydrogen-bond acceptors (Lipinski definition) is 4. The minimum atomic E-state index is -0.627. The second-order valence-electron chi connectivity index (χ2n) is 6.02. The lowest BCUT2D eigenvalue weighted by atomic mass is 9.89. The molecule has 108 valence electrons. The maximum atomic E-state index is 9.10. The zero-order valence-electron chi connectivity index (χ0n) is 12.1. The van der Waals surface area contributed by atoms with E-state index < -0.39 is 5.54 Å². The number of rotatable bonds is 5. The van der Waals surface area contributed by atoms with Crippen molar-refractivity contribution in [1.29, 1.82) is 5.26 Å². The van der Waals surface area contributed by atoms with Gasteiger partial charge in [0.25, 0.3) is 0 Å². The monoisotopic (exact) mass is 265 g/mol. The third-order valence-electron chi connectivity index (χ3n) is 4.77. The third-order valence-corrected chi connectivity index (χ3v) is 4.77. The van der Waals surface area contributed by atoms with Crippen molar-refractivity contribution >= 4 is 0 Å². The molecule has 2 N–H and O–H groups in total. The molecular weight excluding hydrogens is 238 g/mol. The Morgan fingerprint density at radius 2 is 2.21 bits per heavy atom. The van der Waals surface area contributed by atoms with Gasteiger partial charge < -0.3 is 10.5 Å². The van der Waals surface area contributed by atoms with E-state index in [0.29, 0.717) is 12.1 Å². The largest absolute Gasteiger partial charge is 0.375 e. The van der Waals surface area contributed by atoms with Gasteiger partial charge in [0.15, 0.2) is 0 Å². The second-order valence-corrected chi connectivity index (χ2v) is 6.02. The number of nitriles is 1. The Morgan fingerprint density at radius 3 is 2.95 bits per heavy atom. The molecule has 3 unspecified atom stereocenters. The Hall–Kier alpha value is -0.630. The van der Waals surface area contributed by atoms with Crippen molar-refractivity contribution in [3.63, 3.8) is 0 Å². The lowest BCUT2D eigenvalue weighted by Crippen LogP contribution is -2.53. The number of nitrogens with two attached hydrogens (primary N) is 1. The summed E-state index contributed by atoms with van der Waals surface area (Å²) < 4.78 is 5.88. The van der Waals surface area contributed by atoms with E-state index in [1.165, 1.54) is 25.7 Å². The van der Waals surface area contributed by atoms with E-state index in [1.54, 1.807) is 0 Å². The van der Waals surface area contributed by atoms with Gasteiger partial charge in [-0.05, 0) is 38.6 Å². The summed E-state index contributed by atoms with van der Waals surface area (Å²) in [6.07, 6.45) is 8.13. The molecule has 2 fully saturated rings. The molecule has 1 saturated carbocycles. The highest BCUT2D eigenvalue weighted by atomic mass is 16.5. The summed E-state index contributed by atoms with van der Waals surface area (Å²) in [5.74, 6) is 0. The van der Waals surface area contributed by atoms with Crippen molar-refractivity contribution in [1.82, 2.24) is 4.90 Å². The van der Waals surface area contributed by atoms with E-state index in [2.05, 4.69) is 11.0 Å². The molecule has 19 heavy (non-hydrogen) atoms. The molecule has 0 spiro atoms. The molecule has 0 aromatic heterocycles. The minimum absolute atomic E-state index is 0.451. The lowest BCUT2D eigenvalue weighted by molar-refractivity contribution is -0.0884. The van der Waals surface area contributed by atoms with Crippen LogP contribution in [0.25, 0.3) is 0 Å². The second kappa shape index (κ2) is 6.69. The van der Waals surface area contributed by atoms with Gasteiger partial charge in [0, 0.05) is 12.6 Å². The van der Waals surface area contributed by atoms with Crippen LogP contribution in [0.1, 0.15) is 51.9 Å². The van der Waals surface area contributed by atoms with E-state index >= 15 is 0 Å². The quantitative estimate of drug-likeness (QED) is 0.826. The van der Waals surface area contributed by atoms with Crippen LogP contribution in [0.4, 0.5) is 0 Å². The van der Waals surface area contributed by atoms with Crippen LogP contribution in [0, 0.1) is 11.3 Å². The van der Waals surface area contributed by atoms with Crippen molar-refractivity contribution in [3.05, 3.63) is 0 Å². The smallest absolute Gasteiger partial charge is 0.104 e. The van der Waals surface area contributed by atoms with Crippen LogP contribution >= 0.6 is 0 Å². The Kier molecular flexibility index (Phi) is 5.20. The molecule has 1 heterocycles. The first-order valence-corrected chi connectivity index (χ1v) is 7.74. The number of nitrogens with zero attached hydrogens (tertiary/aromatic N) is 2. The van der Waals surface area contributed by atoms with Crippen molar-refractivity contribution in [3.8, 4) is 6.07 Å². The van der Waals surface area contributed by atoms with E-state index in [4.69, 9.17) is 15.7 Å². The van der Waals surface area contributed by atoms with Crippen LogP contribution in [0.3, 0.4) is 0 Å². The molecule has 0 aromatic rings. The van der Waals surface area contributed by atoms with Gasteiger partial charge in [0.05, 0.1) is 18.8 Å². The molecule has 2 rings (SSSR count). The molecule has 1 saturated heterocycles. The average Bonchev–Trinajstić information content (AvgIpc) is 2.47. The molecule has 1 aliphatic heterocycles. The normalized spacial score (nSPS) is 31.2. The Morgan fingerprint density at radius 1 is 1.42 bits per heavy atom. The van der Waals surface area contributed by atoms with Crippen LogP contribution in [0.5, 0.6) is 0 Å². The van der Waals surface area contributed by atoms with E-state index in [-0.39, 0.29) is 0 Å². The lowest BCUT2D eigenvalue weighted by Gasteiger charge is -2.44. The molecule has 3 atom stereocenters. The fraction of sp³-hybridized carbons (Fsp3) is 0.933. The summed E-state index contributed by atoms with van der Waals surface area (Å²) in [4.78, 5) is 2.57. The minimum Gasteiger partial charge on any atom is -0.375 e. The van der Waals surface area contributed by atoms with E-state index in [0.717, 1.165) is 39.0 Å². The van der Waals surface area contributed by atoms with Crippen LogP contribution in [-0.4, -0.2) is 42.3 Å². The highest BCUT2D eigenvalue weighted by Gasteiger charge is 2.34. The molecule has 0 bridgehead atoms. The van der Waals surface area contributed by atoms with E-state index in [1.807, 2.05) is 6.92 Å². The van der Waals surface area contributed by atoms with Crippen LogP contribution in [-0.2, 0) is 4.74 Å². The molecule has 1 aliphatic carbocycles. The van der Waals surface area contributed by atoms with Gasteiger partial charge in [0.1, 0.15) is 5.54 Å². The summed E-state index contributed by atoms with van der Waals surface area (Å²) in [6, 6.07) is 2.87. The predicted molar refractivity (Wildman–Crippen MR) is 75.6 cm³/mol. The van der Waals surface area contributed by atoms with Crippen LogP contribution in [0.15, 0.2) is 0 Å². The van der Waals surface area contributed by atoms with Crippen molar-refractivity contribution < 1.29 is 4.74 Å². The highest BCUT2D eigenvalue weighted by molar-refractivity contribution is 5.03. The summed E-state index contributed by atoms with van der Waals surface area (Å²) in [5, 5.41) is 9.10. The summed E-state index contributed by atoms with van der Waals surface area (Å²) in [6.45, 7) is 4.96. The standard InChI is InChI=1S/C15H27N3O/c1-2-15(17,12-16)8-5-9-18-10-11-19-14-7-4-3-6-13(14)18/h13-14H,2-11,17H2,1H3. The fourth-order valence-corrected chi connectivity index (χ4v) is 3.36. The topological polar surface area (TPSA) is 62.3 Å². The third kappa shape index (κ3) is 3.68. The Balaban J connectivity index is 1.80. The fourth-order valence-electron chi connectivity index (χ4n) is 3.36. The molecule has 4 heteroatoms. The number of fused-ring (bicyclic) bond motifs is 1. The zero-order valence-corrected chi connectivity index (χ0v) is 12.1. The first kappa shape index (κ1) is 14.8. The van der Waals surface area contributed by atoms with Crippen LogP contribution < -0.4 is 5.73 Å². The maximum Gasteiger partial charge on any atom is 0.104 e. The van der Waals surface area contributed by atoms with Crippen molar-refractivity contribution in [2.24, 2.45) is 5.73 Å². The number of ether oxygens (including phenoxy) is 1. The van der Waals surface area contributed by atoms with Gasteiger partial charge in [0.2, 0.25) is 0 Å². The Labute approximate surface area is 116 Å². The molecule has 2 aliphatic rings. The van der Waals surface area contributed by atoms with Crippen LogP contribution in [0.2, 0.25) is 0 Å². The van der Waals surface area contributed by atoms with Gasteiger partial charge in [-0.1, -0.05) is 19.8 Å². The SMILES string of the molecule is CCC(N)(C#N)CCCN1CCOC2CCCCC21. The van der Waals surface area contributed by atoms with Gasteiger partial charge >= 0.3 is 0 Å². The van der Waals surface area contributed by atoms with E-state index in [9.17, 15) is 0 Å². The van der Waals surface area contributed by atoms with Crippen molar-refractivity contribution in [2.75, 3.05) is 19.7 Å². The van der Waals surface area contributed by atoms with Gasteiger partial charge in [-0.3, -0.25) is 4.90 Å². The molecule has 4 nitrogen and oxygen atoms in total. The average molecular weight is 265 g/mol. The van der Waals surface area contributed by atoms with Crippen molar-refractivity contribution in [2.45, 2.75) is 69.6 Å². The predicted octanol–water partition coefficient (Wildman–Crippen LogP) is 2.04. The molecular formula is C15H27N3O. The summed E-state index contributed by atoms with van der Waals surface area (Å²) in [7, 11) is 0. The first-order chi connectivity index (χ1) is 9.18. The molecule has 0 amide bonds. The van der Waals surface area contributed by atoms with Gasteiger partial charge in [-0.15, -0.1) is 0 Å². The maximum absolute atomic E-state index is 9.10. The summed E-state index contributed by atoms with van der Waals surface area (Å²) in [5.41, 5.74) is 5.41. The first-order valence-electron chi connectivity index (χ1n) is 7.74. The zero-order chi connectivity index (χ0) is 13.7. The molecule has 0 aromatic carbocycles. The summed E-state index contributed by atoms with van der Waals surface area (Å²) >= 11 is 0. The van der Waals surface area contributed by atoms with Gasteiger partial charge in [-0.2, -0.15) is 5.26 Å². The van der Waals surface area contributed by atoms with Gasteiger partial charge in [-0.25, -0.2) is 0 Å². The number of morpholine rings is 1.